The number of amides is 1. The van der Waals surface area contributed by atoms with Crippen LogP contribution in [0.5, 0.6) is 0 Å². The Kier molecular flexibility index (Phi) is 7.93. The zero-order valence-electron chi connectivity index (χ0n) is 7.55. The van der Waals surface area contributed by atoms with Crippen molar-refractivity contribution in [3.05, 3.63) is 0 Å². The maximum Gasteiger partial charge on any atom is 0.234 e. The van der Waals surface area contributed by atoms with Crippen LogP contribution in [0.25, 0.3) is 0 Å². The zero-order valence-corrected chi connectivity index (χ0v) is 10.7. The van der Waals surface area contributed by atoms with E-state index in [4.69, 9.17) is 9.47 Å². The lowest BCUT2D eigenvalue weighted by molar-refractivity contribution is -0.126. The van der Waals surface area contributed by atoms with Crippen molar-refractivity contribution in [1.29, 1.82) is 0 Å². The molecule has 0 aromatic heterocycles. The predicted molar refractivity (Wildman–Crippen MR) is 57.3 cm³/mol. The minimum absolute atomic E-state index is 0.0871. The van der Waals surface area contributed by atoms with E-state index in [-0.39, 0.29) is 17.0 Å². The second kappa shape index (κ2) is 7.73. The molecule has 4 nitrogen and oxygen atoms in total. The highest BCUT2D eigenvalue weighted by atomic mass is 79.9. The van der Waals surface area contributed by atoms with Crippen LogP contribution in [0.4, 0.5) is 0 Å². The van der Waals surface area contributed by atoms with Crippen molar-refractivity contribution in [1.82, 2.24) is 5.32 Å². The Hall–Kier alpha value is 0.350. The molecule has 1 amide bonds. The molecule has 1 unspecified atom stereocenters. The Balaban J connectivity index is 3.68. The molecule has 0 aliphatic rings. The molecule has 78 valence electrons. The van der Waals surface area contributed by atoms with Gasteiger partial charge in [-0.15, -0.1) is 0 Å². The van der Waals surface area contributed by atoms with Gasteiger partial charge in [-0.3, -0.25) is 4.79 Å². The molecular weight excluding hydrogens is 306 g/mol. The Morgan fingerprint density at radius 1 is 1.46 bits per heavy atom. The second-order valence-electron chi connectivity index (χ2n) is 2.27. The van der Waals surface area contributed by atoms with E-state index in [9.17, 15) is 4.79 Å². The number of methoxy groups -OCH3 is 2. The number of carbonyl (C=O) groups is 1. The van der Waals surface area contributed by atoms with Crippen LogP contribution in [0.2, 0.25) is 0 Å². The van der Waals surface area contributed by atoms with Crippen molar-refractivity contribution >= 4 is 37.8 Å². The molecule has 0 radical (unpaired) electrons. The van der Waals surface area contributed by atoms with Crippen LogP contribution in [0, 0.1) is 0 Å². The van der Waals surface area contributed by atoms with Gasteiger partial charge in [0.1, 0.15) is 4.83 Å². The normalized spacial score (nSPS) is 13.0. The summed E-state index contributed by atoms with van der Waals surface area (Å²) >= 11 is 6.38. The molecule has 0 fully saturated rings. The van der Waals surface area contributed by atoms with Crippen LogP contribution < -0.4 is 5.32 Å². The predicted octanol–water partition coefficient (Wildman–Crippen LogP) is 0.880. The van der Waals surface area contributed by atoms with Gasteiger partial charge in [0.25, 0.3) is 0 Å². The lowest BCUT2D eigenvalue weighted by Gasteiger charge is -2.15. The Labute approximate surface area is 94.6 Å². The van der Waals surface area contributed by atoms with Gasteiger partial charge in [-0.25, -0.2) is 0 Å². The largest absolute Gasteiger partial charge is 0.354 e. The highest BCUT2D eigenvalue weighted by Gasteiger charge is 2.14. The van der Waals surface area contributed by atoms with Gasteiger partial charge in [0.15, 0.2) is 6.29 Å². The van der Waals surface area contributed by atoms with E-state index in [1.165, 1.54) is 14.2 Å². The monoisotopic (exact) mass is 317 g/mol. The Morgan fingerprint density at radius 3 is 2.38 bits per heavy atom. The smallest absolute Gasteiger partial charge is 0.234 e. The topological polar surface area (TPSA) is 47.6 Å². The lowest BCUT2D eigenvalue weighted by atomic mass is 10.4. The van der Waals surface area contributed by atoms with Gasteiger partial charge in [-0.1, -0.05) is 31.9 Å². The number of alkyl halides is 2. The minimum Gasteiger partial charge on any atom is -0.354 e. The van der Waals surface area contributed by atoms with Gasteiger partial charge in [0.2, 0.25) is 5.91 Å². The van der Waals surface area contributed by atoms with Crippen molar-refractivity contribution in [2.24, 2.45) is 0 Å². The molecule has 0 saturated heterocycles. The maximum absolute atomic E-state index is 11.2. The first-order valence-electron chi connectivity index (χ1n) is 3.69. The van der Waals surface area contributed by atoms with Crippen molar-refractivity contribution in [2.75, 3.05) is 26.1 Å². The molecular formula is C7H13Br2NO3. The first-order valence-corrected chi connectivity index (χ1v) is 5.72. The van der Waals surface area contributed by atoms with E-state index < -0.39 is 0 Å². The highest BCUT2D eigenvalue weighted by molar-refractivity contribution is 9.12. The number of nitrogens with one attached hydrogen (secondary N) is 1. The molecule has 6 heteroatoms. The third-order valence-corrected chi connectivity index (χ3v) is 3.64. The number of hydrogen-bond donors (Lipinski definition) is 1. The van der Waals surface area contributed by atoms with Gasteiger partial charge >= 0.3 is 0 Å². The lowest BCUT2D eigenvalue weighted by Crippen LogP contribution is -2.38. The summed E-state index contributed by atoms with van der Waals surface area (Å²) in [5.74, 6) is -0.0871. The molecule has 0 spiro atoms. The number of ether oxygens (including phenoxy) is 2. The molecule has 0 aliphatic heterocycles. The van der Waals surface area contributed by atoms with E-state index in [0.717, 1.165) is 0 Å². The summed E-state index contributed by atoms with van der Waals surface area (Å²) in [6.45, 7) is 0.348. The molecule has 0 heterocycles. The molecule has 1 N–H and O–H groups in total. The van der Waals surface area contributed by atoms with Crippen LogP contribution in [0.3, 0.4) is 0 Å². The zero-order chi connectivity index (χ0) is 10.3. The average Bonchev–Trinajstić information content (AvgIpc) is 2.17. The van der Waals surface area contributed by atoms with Crippen molar-refractivity contribution in [3.8, 4) is 0 Å². The van der Waals surface area contributed by atoms with Crippen LogP contribution in [0.1, 0.15) is 0 Å². The average molecular weight is 319 g/mol. The third kappa shape index (κ3) is 5.61. The second-order valence-corrected chi connectivity index (χ2v) is 4.02. The Morgan fingerprint density at radius 2 is 2.00 bits per heavy atom. The fraction of sp³-hybridized carbons (Fsp3) is 0.857. The van der Waals surface area contributed by atoms with E-state index in [1.54, 1.807) is 0 Å². The van der Waals surface area contributed by atoms with Gasteiger partial charge in [-0.2, -0.15) is 0 Å². The fourth-order valence-corrected chi connectivity index (χ4v) is 1.08. The number of halogens is 2. The summed E-state index contributed by atoms with van der Waals surface area (Å²) in [6, 6.07) is 0. The minimum atomic E-state index is -0.390. The Bertz CT molecular complexity index is 153. The summed E-state index contributed by atoms with van der Waals surface area (Å²) in [5.41, 5.74) is 0. The first-order chi connectivity index (χ1) is 6.15. The highest BCUT2D eigenvalue weighted by Crippen LogP contribution is 2.03. The molecule has 0 aliphatic carbocycles. The molecule has 0 saturated carbocycles. The first kappa shape index (κ1) is 13.4. The molecule has 0 rings (SSSR count). The molecule has 1 atom stereocenters. The van der Waals surface area contributed by atoms with Gasteiger partial charge in [0.05, 0.1) is 6.54 Å². The molecule has 0 bridgehead atoms. The quantitative estimate of drug-likeness (QED) is 0.584. The summed E-state index contributed by atoms with van der Waals surface area (Å²) in [7, 11) is 3.05. The van der Waals surface area contributed by atoms with E-state index in [0.29, 0.717) is 11.9 Å². The van der Waals surface area contributed by atoms with E-state index >= 15 is 0 Å². The number of hydrogen-bond acceptors (Lipinski definition) is 3. The molecule has 0 aromatic carbocycles. The van der Waals surface area contributed by atoms with Crippen LogP contribution >= 0.6 is 31.9 Å². The summed E-state index contributed by atoms with van der Waals surface area (Å²) in [5, 5.41) is 3.24. The SMILES string of the molecule is COC(CNC(=O)C(Br)CBr)OC. The standard InChI is InChI=1S/C7H13Br2NO3/c1-12-6(13-2)4-10-7(11)5(9)3-8/h5-6H,3-4H2,1-2H3,(H,10,11). The molecule has 13 heavy (non-hydrogen) atoms. The van der Waals surface area contributed by atoms with E-state index in [2.05, 4.69) is 37.2 Å². The summed E-state index contributed by atoms with van der Waals surface area (Å²) in [4.78, 5) is 11.0. The van der Waals surface area contributed by atoms with Crippen LogP contribution in [-0.4, -0.2) is 43.1 Å². The number of carbonyl (C=O) groups excluding carboxylic acids is 1. The van der Waals surface area contributed by atoms with Crippen LogP contribution in [0.15, 0.2) is 0 Å². The van der Waals surface area contributed by atoms with Gasteiger partial charge in [0, 0.05) is 19.5 Å². The van der Waals surface area contributed by atoms with Gasteiger partial charge < -0.3 is 14.8 Å². The summed E-state index contributed by atoms with van der Waals surface area (Å²) in [6.07, 6.45) is -0.390. The van der Waals surface area contributed by atoms with E-state index in [1.807, 2.05) is 0 Å². The number of rotatable bonds is 6. The summed E-state index contributed by atoms with van der Waals surface area (Å²) < 4.78 is 9.80. The maximum atomic E-state index is 11.2. The van der Waals surface area contributed by atoms with Crippen molar-refractivity contribution in [3.63, 3.8) is 0 Å². The van der Waals surface area contributed by atoms with Crippen molar-refractivity contribution in [2.45, 2.75) is 11.1 Å². The third-order valence-electron chi connectivity index (χ3n) is 1.39. The van der Waals surface area contributed by atoms with Crippen molar-refractivity contribution < 1.29 is 14.3 Å². The van der Waals surface area contributed by atoms with Gasteiger partial charge in [-0.05, 0) is 0 Å². The molecule has 0 aromatic rings. The van der Waals surface area contributed by atoms with Crippen LogP contribution in [-0.2, 0) is 14.3 Å². The fourth-order valence-electron chi connectivity index (χ4n) is 0.628.